The molecule has 0 atom stereocenters. The molecule has 0 heterocycles. The van der Waals surface area contributed by atoms with Gasteiger partial charge in [-0.2, -0.15) is 5.96 Å². The molecular weight excluding hydrogens is 117 g/mol. The molecule has 0 aromatic carbocycles. The highest BCUT2D eigenvalue weighted by Crippen LogP contribution is 2.27. The van der Waals surface area contributed by atoms with Gasteiger partial charge in [-0.25, -0.2) is 0 Å². The molecule has 0 spiro atoms. The van der Waals surface area contributed by atoms with Crippen LogP contribution in [0, 0.1) is 0 Å². The van der Waals surface area contributed by atoms with E-state index in [0.717, 1.165) is 0 Å². The molecular formula is C7H8FN. The smallest absolute Gasteiger partial charge is 0.00258 e. The molecule has 2 rings (SSSR count). The van der Waals surface area contributed by atoms with Crippen molar-refractivity contribution in [3.63, 3.8) is 0 Å². The first-order valence-electron chi connectivity index (χ1n) is 2.75. The first kappa shape index (κ1) is 6.23. The lowest BCUT2D eigenvalue weighted by molar-refractivity contribution is 0.530. The molecule has 2 aliphatic carbocycles. The largest absolute Gasteiger partial charge is 0.172 e. The Bertz CT molecular complexity index is 169. The molecule has 0 saturated carbocycles. The fourth-order valence-electron chi connectivity index (χ4n) is 1.01. The van der Waals surface area contributed by atoms with Crippen molar-refractivity contribution in [2.45, 2.75) is 6.42 Å². The van der Waals surface area contributed by atoms with Gasteiger partial charge in [0.15, 0.2) is 0 Å². The Morgan fingerprint density at radius 2 is 1.56 bits per heavy atom. The fourth-order valence-corrected chi connectivity index (χ4v) is 1.01. The predicted molar refractivity (Wildman–Crippen MR) is 35.2 cm³/mol. The van der Waals surface area contributed by atoms with Crippen LogP contribution in [0.3, 0.4) is 0 Å². The number of rotatable bonds is 0. The molecule has 2 N–H and O–H groups in total. The maximum atomic E-state index is 9.00. The molecule has 2 bridgehead atoms. The normalized spacial score (nSPS) is 18.4. The van der Waals surface area contributed by atoms with Crippen LogP contribution >= 0.6 is 0 Å². The van der Waals surface area contributed by atoms with Gasteiger partial charge in [0.05, 0.1) is 0 Å². The lowest BCUT2D eigenvalue weighted by Crippen LogP contribution is -1.59. The van der Waals surface area contributed by atoms with Gasteiger partial charge in [-0.15, -0.1) is 4.48 Å². The first-order valence-corrected chi connectivity index (χ1v) is 2.75. The number of nitrogens with two attached hydrogens (primary N) is 1. The van der Waals surface area contributed by atoms with Gasteiger partial charge in [0, 0.05) is 0 Å². The SMILES string of the molecule is C1=CC2=CC=C1C2.NF. The zero-order chi connectivity index (χ0) is 6.69. The van der Waals surface area contributed by atoms with Crippen LogP contribution in [0.2, 0.25) is 0 Å². The van der Waals surface area contributed by atoms with E-state index in [1.54, 1.807) is 0 Å². The summed E-state index contributed by atoms with van der Waals surface area (Å²) in [6, 6.07) is 0. The Hall–Kier alpha value is -0.890. The minimum absolute atomic E-state index is 1.19. The maximum absolute atomic E-state index is 9.00. The number of halogens is 1. The molecule has 0 saturated heterocycles. The maximum Gasteiger partial charge on any atom is -0.00258 e. The number of hydrogen-bond donors (Lipinski definition) is 1. The van der Waals surface area contributed by atoms with Crippen LogP contribution in [-0.4, -0.2) is 0 Å². The van der Waals surface area contributed by atoms with Crippen molar-refractivity contribution < 1.29 is 4.48 Å². The van der Waals surface area contributed by atoms with Crippen LogP contribution in [-0.2, 0) is 0 Å². The van der Waals surface area contributed by atoms with E-state index in [1.165, 1.54) is 17.6 Å². The zero-order valence-electron chi connectivity index (χ0n) is 4.97. The molecule has 1 nitrogen and oxygen atoms in total. The topological polar surface area (TPSA) is 26.0 Å². The van der Waals surface area contributed by atoms with Gasteiger partial charge >= 0.3 is 0 Å². The van der Waals surface area contributed by atoms with E-state index in [0.29, 0.717) is 0 Å². The standard InChI is InChI=1S/C7H6.FH2N/c1-2-7-4-3-6(1)5-7;1-2/h1-4H,5H2;2H2. The zero-order valence-corrected chi connectivity index (χ0v) is 4.97. The van der Waals surface area contributed by atoms with E-state index in [9.17, 15) is 0 Å². The van der Waals surface area contributed by atoms with Crippen LogP contribution < -0.4 is 5.96 Å². The lowest BCUT2D eigenvalue weighted by atomic mass is 10.3. The summed E-state index contributed by atoms with van der Waals surface area (Å²) >= 11 is 0. The quantitative estimate of drug-likeness (QED) is 0.489. The second-order valence-electron chi connectivity index (χ2n) is 1.99. The van der Waals surface area contributed by atoms with E-state index < -0.39 is 0 Å². The lowest BCUT2D eigenvalue weighted by Gasteiger charge is -1.77. The third kappa shape index (κ3) is 1.08. The van der Waals surface area contributed by atoms with Crippen molar-refractivity contribution in [2.75, 3.05) is 0 Å². The van der Waals surface area contributed by atoms with Gasteiger partial charge in [-0.3, -0.25) is 0 Å². The molecule has 0 aromatic rings. The van der Waals surface area contributed by atoms with E-state index in [2.05, 4.69) is 30.3 Å². The summed E-state index contributed by atoms with van der Waals surface area (Å²) in [5, 5.41) is 0. The highest BCUT2D eigenvalue weighted by Gasteiger charge is 2.07. The third-order valence-corrected chi connectivity index (χ3v) is 1.43. The summed E-state index contributed by atoms with van der Waals surface area (Å²) in [4.78, 5) is 0. The van der Waals surface area contributed by atoms with Gasteiger partial charge in [0.2, 0.25) is 0 Å². The summed E-state index contributed by atoms with van der Waals surface area (Å²) in [5.74, 6) is 3.00. The molecule has 48 valence electrons. The summed E-state index contributed by atoms with van der Waals surface area (Å²) in [7, 11) is 0. The molecule has 0 amide bonds. The van der Waals surface area contributed by atoms with Gasteiger partial charge in [0.25, 0.3) is 0 Å². The summed E-state index contributed by atoms with van der Waals surface area (Å²) in [5.41, 5.74) is 2.94. The molecule has 0 unspecified atom stereocenters. The van der Waals surface area contributed by atoms with Crippen molar-refractivity contribution in [3.05, 3.63) is 35.5 Å². The van der Waals surface area contributed by atoms with Crippen LogP contribution in [0.5, 0.6) is 0 Å². The highest BCUT2D eigenvalue weighted by molar-refractivity contribution is 5.49. The van der Waals surface area contributed by atoms with Crippen molar-refractivity contribution in [1.29, 1.82) is 0 Å². The molecule has 2 heteroatoms. The predicted octanol–water partition coefficient (Wildman–Crippen LogP) is 1.64. The van der Waals surface area contributed by atoms with Crippen molar-refractivity contribution >= 4 is 0 Å². The molecule has 0 radical (unpaired) electrons. The Morgan fingerprint density at radius 3 is 1.67 bits per heavy atom. The van der Waals surface area contributed by atoms with Crippen molar-refractivity contribution in [3.8, 4) is 0 Å². The number of hydrogen-bond acceptors (Lipinski definition) is 1. The average molecular weight is 125 g/mol. The molecule has 9 heavy (non-hydrogen) atoms. The second kappa shape index (κ2) is 2.60. The van der Waals surface area contributed by atoms with Gasteiger partial charge < -0.3 is 0 Å². The van der Waals surface area contributed by atoms with Crippen molar-refractivity contribution in [2.24, 2.45) is 5.96 Å². The summed E-state index contributed by atoms with van der Waals surface area (Å²) < 4.78 is 9.00. The van der Waals surface area contributed by atoms with Crippen LogP contribution in [0.15, 0.2) is 35.5 Å². The molecule has 2 aliphatic rings. The van der Waals surface area contributed by atoms with Crippen LogP contribution in [0.1, 0.15) is 6.42 Å². The van der Waals surface area contributed by atoms with E-state index in [-0.39, 0.29) is 0 Å². The summed E-state index contributed by atoms with van der Waals surface area (Å²) in [6.45, 7) is 0. The Morgan fingerprint density at radius 1 is 1.11 bits per heavy atom. The van der Waals surface area contributed by atoms with E-state index in [1.807, 2.05) is 0 Å². The van der Waals surface area contributed by atoms with Crippen molar-refractivity contribution in [1.82, 2.24) is 0 Å². The van der Waals surface area contributed by atoms with Gasteiger partial charge in [-0.1, -0.05) is 24.3 Å². The summed E-state index contributed by atoms with van der Waals surface area (Å²) in [6.07, 6.45) is 9.90. The Kier molecular flexibility index (Phi) is 1.80. The van der Waals surface area contributed by atoms with Crippen LogP contribution in [0.4, 0.5) is 4.48 Å². The minimum Gasteiger partial charge on any atom is -0.172 e. The second-order valence-corrected chi connectivity index (χ2v) is 1.99. The van der Waals surface area contributed by atoms with Gasteiger partial charge in [0.1, 0.15) is 0 Å². The number of allylic oxidation sites excluding steroid dienone is 6. The number of fused-ring (bicyclic) bond motifs is 2. The molecule has 0 aliphatic heterocycles. The van der Waals surface area contributed by atoms with Gasteiger partial charge in [-0.05, 0) is 17.6 Å². The van der Waals surface area contributed by atoms with Crippen LogP contribution in [0.25, 0.3) is 0 Å². The van der Waals surface area contributed by atoms with E-state index in [4.69, 9.17) is 4.48 Å². The highest BCUT2D eigenvalue weighted by atomic mass is 19.2. The fraction of sp³-hybridized carbons (Fsp3) is 0.143. The monoisotopic (exact) mass is 125 g/mol. The first-order chi connectivity index (χ1) is 4.45. The molecule has 0 fully saturated rings. The average Bonchev–Trinajstić information content (AvgIpc) is 2.53. The van der Waals surface area contributed by atoms with E-state index >= 15 is 0 Å². The Labute approximate surface area is 53.3 Å². The minimum atomic E-state index is 1.19. The Balaban J connectivity index is 0.000000186. The third-order valence-electron chi connectivity index (χ3n) is 1.43. The molecule has 0 aromatic heterocycles.